The first-order valence-electron chi connectivity index (χ1n) is 4.06. The second kappa shape index (κ2) is 2.61. The molecule has 0 amide bonds. The molecule has 2 heteroatoms. The first-order chi connectivity index (χ1) is 5.31. The first-order valence-corrected chi connectivity index (χ1v) is 4.94. The Kier molecular flexibility index (Phi) is 1.74. The van der Waals surface area contributed by atoms with E-state index in [-0.39, 0.29) is 0 Å². The van der Waals surface area contributed by atoms with Crippen molar-refractivity contribution in [1.29, 1.82) is 0 Å². The lowest BCUT2D eigenvalue weighted by atomic mass is 10.2. The molecule has 0 radical (unpaired) electrons. The number of aryl methyl sites for hydroxylation is 1. The summed E-state index contributed by atoms with van der Waals surface area (Å²) in [6, 6.07) is 2.30. The zero-order valence-electron chi connectivity index (χ0n) is 6.71. The third kappa shape index (κ3) is 1.33. The van der Waals surface area contributed by atoms with Gasteiger partial charge in [0, 0.05) is 4.88 Å². The van der Waals surface area contributed by atoms with Gasteiger partial charge in [-0.3, -0.25) is 0 Å². The molecule has 0 saturated heterocycles. The molecule has 1 heterocycles. The molecule has 2 N–H and O–H groups in total. The Labute approximate surface area is 71.2 Å². The molecule has 60 valence electrons. The van der Waals surface area contributed by atoms with Gasteiger partial charge in [0.2, 0.25) is 0 Å². The normalized spacial score (nSPS) is 28.9. The number of hydrogen-bond donors (Lipinski definition) is 1. The van der Waals surface area contributed by atoms with E-state index in [0.29, 0.717) is 0 Å². The largest absolute Gasteiger partial charge is 0.330 e. The van der Waals surface area contributed by atoms with Crippen LogP contribution in [-0.4, -0.2) is 6.54 Å². The van der Waals surface area contributed by atoms with Crippen LogP contribution in [0.2, 0.25) is 0 Å². The molecule has 2 atom stereocenters. The third-order valence-electron chi connectivity index (χ3n) is 2.34. The Bertz CT molecular complexity index is 254. The molecule has 1 aliphatic rings. The number of rotatable bonds is 2. The minimum atomic E-state index is 0.785. The average Bonchev–Trinajstić information content (AvgIpc) is 2.68. The lowest BCUT2D eigenvalue weighted by molar-refractivity contribution is 0.815. The quantitative estimate of drug-likeness (QED) is 0.717. The summed E-state index contributed by atoms with van der Waals surface area (Å²) in [5.41, 5.74) is 6.97. The van der Waals surface area contributed by atoms with Gasteiger partial charge in [0.25, 0.3) is 0 Å². The fourth-order valence-electron chi connectivity index (χ4n) is 1.50. The van der Waals surface area contributed by atoms with Gasteiger partial charge in [0.1, 0.15) is 0 Å². The molecule has 0 spiro atoms. The number of thiophene rings is 1. The third-order valence-corrected chi connectivity index (χ3v) is 3.52. The monoisotopic (exact) mass is 167 g/mol. The van der Waals surface area contributed by atoms with Gasteiger partial charge in [-0.05, 0) is 48.7 Å². The minimum Gasteiger partial charge on any atom is -0.330 e. The SMILES string of the molecule is Cc1csc(C2CC2CN)c1. The molecule has 1 aromatic rings. The number of hydrogen-bond acceptors (Lipinski definition) is 2. The fraction of sp³-hybridized carbons (Fsp3) is 0.556. The highest BCUT2D eigenvalue weighted by molar-refractivity contribution is 7.10. The molecule has 1 nitrogen and oxygen atoms in total. The molecule has 1 aromatic heterocycles. The Hall–Kier alpha value is -0.340. The maximum absolute atomic E-state index is 5.57. The van der Waals surface area contributed by atoms with Gasteiger partial charge in [-0.2, -0.15) is 0 Å². The van der Waals surface area contributed by atoms with Crippen LogP contribution in [0.5, 0.6) is 0 Å². The molecule has 2 unspecified atom stereocenters. The summed E-state index contributed by atoms with van der Waals surface area (Å²) < 4.78 is 0. The lowest BCUT2D eigenvalue weighted by Crippen LogP contribution is -2.01. The van der Waals surface area contributed by atoms with E-state index in [1.807, 2.05) is 11.3 Å². The van der Waals surface area contributed by atoms with Gasteiger partial charge < -0.3 is 5.73 Å². The van der Waals surface area contributed by atoms with Crippen molar-refractivity contribution in [2.75, 3.05) is 6.54 Å². The van der Waals surface area contributed by atoms with Crippen LogP contribution in [0, 0.1) is 12.8 Å². The Morgan fingerprint density at radius 2 is 2.55 bits per heavy atom. The molecule has 0 aromatic carbocycles. The van der Waals surface area contributed by atoms with Gasteiger partial charge in [-0.15, -0.1) is 11.3 Å². The van der Waals surface area contributed by atoms with E-state index < -0.39 is 0 Å². The molecule has 2 rings (SSSR count). The van der Waals surface area contributed by atoms with Crippen LogP contribution in [0.25, 0.3) is 0 Å². The van der Waals surface area contributed by atoms with E-state index >= 15 is 0 Å². The van der Waals surface area contributed by atoms with Gasteiger partial charge in [-0.1, -0.05) is 0 Å². The topological polar surface area (TPSA) is 26.0 Å². The van der Waals surface area contributed by atoms with Crippen LogP contribution in [0.15, 0.2) is 11.4 Å². The summed E-state index contributed by atoms with van der Waals surface area (Å²) >= 11 is 1.88. The van der Waals surface area contributed by atoms with Gasteiger partial charge in [0.05, 0.1) is 0 Å². The Morgan fingerprint density at radius 3 is 3.00 bits per heavy atom. The van der Waals surface area contributed by atoms with Crippen molar-refractivity contribution >= 4 is 11.3 Å². The first kappa shape index (κ1) is 7.32. The predicted octanol–water partition coefficient (Wildman–Crippen LogP) is 2.12. The summed E-state index contributed by atoms with van der Waals surface area (Å²) in [5, 5.41) is 2.22. The van der Waals surface area contributed by atoms with Crippen LogP contribution in [0.3, 0.4) is 0 Å². The smallest absolute Gasteiger partial charge is 0.00822 e. The van der Waals surface area contributed by atoms with Gasteiger partial charge in [0.15, 0.2) is 0 Å². The summed E-state index contributed by atoms with van der Waals surface area (Å²) in [6.07, 6.45) is 1.32. The summed E-state index contributed by atoms with van der Waals surface area (Å²) in [7, 11) is 0. The van der Waals surface area contributed by atoms with Gasteiger partial charge >= 0.3 is 0 Å². The minimum absolute atomic E-state index is 0.785. The van der Waals surface area contributed by atoms with E-state index in [9.17, 15) is 0 Å². The molecule has 1 saturated carbocycles. The van der Waals surface area contributed by atoms with E-state index in [0.717, 1.165) is 18.4 Å². The fourth-order valence-corrected chi connectivity index (χ4v) is 2.61. The van der Waals surface area contributed by atoms with Crippen LogP contribution >= 0.6 is 11.3 Å². The van der Waals surface area contributed by atoms with E-state index in [1.54, 1.807) is 0 Å². The highest BCUT2D eigenvalue weighted by Gasteiger charge is 2.37. The van der Waals surface area contributed by atoms with E-state index in [4.69, 9.17) is 5.73 Å². The van der Waals surface area contributed by atoms with Crippen molar-refractivity contribution in [2.45, 2.75) is 19.3 Å². The van der Waals surface area contributed by atoms with Crippen molar-refractivity contribution in [3.8, 4) is 0 Å². The van der Waals surface area contributed by atoms with Gasteiger partial charge in [-0.25, -0.2) is 0 Å². The molecular formula is C9H13NS. The van der Waals surface area contributed by atoms with Crippen LogP contribution in [-0.2, 0) is 0 Å². The molecular weight excluding hydrogens is 154 g/mol. The van der Waals surface area contributed by atoms with E-state index in [1.165, 1.54) is 16.9 Å². The molecule has 0 aliphatic heterocycles. The van der Waals surface area contributed by atoms with Crippen molar-refractivity contribution in [2.24, 2.45) is 11.7 Å². The maximum atomic E-state index is 5.57. The van der Waals surface area contributed by atoms with Crippen LogP contribution in [0.1, 0.15) is 22.8 Å². The second-order valence-corrected chi connectivity index (χ2v) is 4.31. The molecule has 1 aliphatic carbocycles. The van der Waals surface area contributed by atoms with E-state index in [2.05, 4.69) is 18.4 Å². The maximum Gasteiger partial charge on any atom is 0.00822 e. The predicted molar refractivity (Wildman–Crippen MR) is 49.0 cm³/mol. The van der Waals surface area contributed by atoms with Crippen molar-refractivity contribution in [3.63, 3.8) is 0 Å². The summed E-state index contributed by atoms with van der Waals surface area (Å²) in [4.78, 5) is 1.54. The summed E-state index contributed by atoms with van der Waals surface area (Å²) in [6.45, 7) is 3.02. The molecule has 11 heavy (non-hydrogen) atoms. The lowest BCUT2D eigenvalue weighted by Gasteiger charge is -1.90. The Morgan fingerprint density at radius 1 is 1.73 bits per heavy atom. The second-order valence-electron chi connectivity index (χ2n) is 3.36. The van der Waals surface area contributed by atoms with Crippen LogP contribution in [0.4, 0.5) is 0 Å². The van der Waals surface area contributed by atoms with Crippen molar-refractivity contribution in [3.05, 3.63) is 21.9 Å². The van der Waals surface area contributed by atoms with Crippen molar-refractivity contribution < 1.29 is 0 Å². The summed E-state index contributed by atoms with van der Waals surface area (Å²) in [5.74, 6) is 1.59. The zero-order valence-corrected chi connectivity index (χ0v) is 7.53. The highest BCUT2D eigenvalue weighted by Crippen LogP contribution is 2.48. The standard InChI is InChI=1S/C9H13NS/c1-6-2-9(11-5-6)8-3-7(8)4-10/h2,5,7-8H,3-4,10H2,1H3. The average molecular weight is 167 g/mol. The molecule has 0 bridgehead atoms. The van der Waals surface area contributed by atoms with Crippen LogP contribution < -0.4 is 5.73 Å². The van der Waals surface area contributed by atoms with Crippen molar-refractivity contribution in [1.82, 2.24) is 0 Å². The zero-order chi connectivity index (χ0) is 7.84. The number of nitrogens with two attached hydrogens (primary N) is 1. The molecule has 1 fully saturated rings. The highest BCUT2D eigenvalue weighted by atomic mass is 32.1. The Balaban J connectivity index is 2.08.